The largest absolute Gasteiger partial charge is 0.480 e. The Bertz CT molecular complexity index is 480. The Morgan fingerprint density at radius 1 is 1.50 bits per heavy atom. The highest BCUT2D eigenvalue weighted by Gasteiger charge is 2.32. The lowest BCUT2D eigenvalue weighted by molar-refractivity contribution is -0.141. The molecule has 2 rings (SSSR count). The Kier molecular flexibility index (Phi) is 4.14. The summed E-state index contributed by atoms with van der Waals surface area (Å²) >= 11 is 7.39. The Morgan fingerprint density at radius 2 is 2.22 bits per heavy atom. The van der Waals surface area contributed by atoms with E-state index in [1.165, 1.54) is 11.8 Å². The third kappa shape index (κ3) is 2.97. The highest BCUT2D eigenvalue weighted by molar-refractivity contribution is 8.00. The van der Waals surface area contributed by atoms with Crippen molar-refractivity contribution in [1.82, 2.24) is 5.32 Å². The number of carbonyl (C=O) groups excluding carboxylic acids is 1. The van der Waals surface area contributed by atoms with Crippen LogP contribution < -0.4 is 5.32 Å². The molecule has 1 heterocycles. The number of benzene rings is 1. The molecule has 1 aliphatic heterocycles. The van der Waals surface area contributed by atoms with Crippen molar-refractivity contribution >= 4 is 35.2 Å². The van der Waals surface area contributed by atoms with Crippen LogP contribution in [-0.4, -0.2) is 34.0 Å². The zero-order valence-corrected chi connectivity index (χ0v) is 11.0. The molecule has 96 valence electrons. The normalized spacial score (nSPS) is 23.5. The molecule has 0 aliphatic carbocycles. The van der Waals surface area contributed by atoms with Gasteiger partial charge in [-0.05, 0) is 18.1 Å². The van der Waals surface area contributed by atoms with Crippen LogP contribution in [0.15, 0.2) is 24.3 Å². The van der Waals surface area contributed by atoms with E-state index in [9.17, 15) is 9.59 Å². The third-order valence-corrected chi connectivity index (χ3v) is 4.41. The zero-order valence-electron chi connectivity index (χ0n) is 9.43. The van der Waals surface area contributed by atoms with Crippen molar-refractivity contribution in [3.8, 4) is 0 Å². The molecule has 2 atom stereocenters. The van der Waals surface area contributed by atoms with Crippen molar-refractivity contribution in [2.75, 3.05) is 5.75 Å². The molecule has 0 spiro atoms. The first kappa shape index (κ1) is 13.2. The van der Waals surface area contributed by atoms with Gasteiger partial charge in [0.2, 0.25) is 5.91 Å². The highest BCUT2D eigenvalue weighted by atomic mass is 35.5. The average molecular weight is 286 g/mol. The summed E-state index contributed by atoms with van der Waals surface area (Å²) in [4.78, 5) is 22.6. The maximum absolute atomic E-state index is 11.8. The number of carboxylic acid groups (broad SMARTS) is 1. The highest BCUT2D eigenvalue weighted by Crippen LogP contribution is 2.25. The monoisotopic (exact) mass is 285 g/mol. The second-order valence-electron chi connectivity index (χ2n) is 4.02. The fourth-order valence-electron chi connectivity index (χ4n) is 1.74. The van der Waals surface area contributed by atoms with Gasteiger partial charge in [0, 0.05) is 10.8 Å². The minimum Gasteiger partial charge on any atom is -0.480 e. The van der Waals surface area contributed by atoms with Gasteiger partial charge in [-0.1, -0.05) is 29.8 Å². The molecule has 4 nitrogen and oxygen atoms in total. The molecule has 1 aromatic carbocycles. The summed E-state index contributed by atoms with van der Waals surface area (Å²) in [7, 11) is 0. The van der Waals surface area contributed by atoms with Gasteiger partial charge in [0.05, 0.1) is 5.25 Å². The molecule has 0 aromatic heterocycles. The van der Waals surface area contributed by atoms with Crippen LogP contribution in [0.25, 0.3) is 0 Å². The van der Waals surface area contributed by atoms with Gasteiger partial charge in [0.1, 0.15) is 6.04 Å². The lowest BCUT2D eigenvalue weighted by Crippen LogP contribution is -2.51. The fourth-order valence-corrected chi connectivity index (χ4v) is 3.12. The summed E-state index contributed by atoms with van der Waals surface area (Å²) < 4.78 is 0. The maximum atomic E-state index is 11.8. The standard InChI is InChI=1S/C12H12ClNO3S/c13-8-4-2-1-3-7(8)5-10-11(15)14-9(6-18-10)12(16)17/h1-4,9-10H,5-6H2,(H,14,15)(H,16,17). The predicted molar refractivity (Wildman–Crippen MR) is 71.0 cm³/mol. The number of thioether (sulfide) groups is 1. The van der Waals surface area contributed by atoms with E-state index < -0.39 is 12.0 Å². The topological polar surface area (TPSA) is 66.4 Å². The Balaban J connectivity index is 2.02. The Morgan fingerprint density at radius 3 is 2.83 bits per heavy atom. The first-order chi connectivity index (χ1) is 8.58. The van der Waals surface area contributed by atoms with E-state index >= 15 is 0 Å². The Labute approximate surface area is 114 Å². The van der Waals surface area contributed by atoms with E-state index in [1.807, 2.05) is 18.2 Å². The zero-order chi connectivity index (χ0) is 13.1. The summed E-state index contributed by atoms with van der Waals surface area (Å²) in [5.41, 5.74) is 0.903. The van der Waals surface area contributed by atoms with Gasteiger partial charge in [-0.2, -0.15) is 0 Å². The summed E-state index contributed by atoms with van der Waals surface area (Å²) in [5.74, 6) is -0.846. The number of hydrogen-bond acceptors (Lipinski definition) is 3. The van der Waals surface area contributed by atoms with Crippen LogP contribution in [0.5, 0.6) is 0 Å². The molecule has 0 radical (unpaired) electrons. The molecule has 6 heteroatoms. The van der Waals surface area contributed by atoms with Gasteiger partial charge in [-0.25, -0.2) is 4.79 Å². The lowest BCUT2D eigenvalue weighted by Gasteiger charge is -2.26. The molecule has 1 amide bonds. The number of carbonyl (C=O) groups is 2. The molecular weight excluding hydrogens is 274 g/mol. The summed E-state index contributed by atoms with van der Waals surface area (Å²) in [6.07, 6.45) is 0.516. The van der Waals surface area contributed by atoms with Crippen LogP contribution in [-0.2, 0) is 16.0 Å². The first-order valence-electron chi connectivity index (χ1n) is 5.46. The van der Waals surface area contributed by atoms with E-state index in [4.69, 9.17) is 16.7 Å². The van der Waals surface area contributed by atoms with Crippen LogP contribution in [0, 0.1) is 0 Å². The number of carboxylic acids is 1. The van der Waals surface area contributed by atoms with E-state index in [2.05, 4.69) is 5.32 Å². The van der Waals surface area contributed by atoms with Crippen molar-refractivity contribution in [2.24, 2.45) is 0 Å². The molecule has 1 saturated heterocycles. The number of halogens is 1. The smallest absolute Gasteiger partial charge is 0.327 e. The minimum atomic E-state index is -0.993. The second kappa shape index (κ2) is 5.63. The molecule has 18 heavy (non-hydrogen) atoms. The third-order valence-electron chi connectivity index (χ3n) is 2.73. The van der Waals surface area contributed by atoms with Gasteiger partial charge in [0.15, 0.2) is 0 Å². The van der Waals surface area contributed by atoms with Gasteiger partial charge < -0.3 is 10.4 Å². The number of aliphatic carboxylic acids is 1. The quantitative estimate of drug-likeness (QED) is 0.885. The molecule has 0 saturated carbocycles. The van der Waals surface area contributed by atoms with Crippen LogP contribution in [0.4, 0.5) is 0 Å². The summed E-state index contributed by atoms with van der Waals surface area (Å²) in [6, 6.07) is 6.57. The van der Waals surface area contributed by atoms with Crippen LogP contribution in [0.1, 0.15) is 5.56 Å². The molecule has 2 N–H and O–H groups in total. The maximum Gasteiger partial charge on any atom is 0.327 e. The number of rotatable bonds is 3. The SMILES string of the molecule is O=C(O)C1CSC(Cc2ccccc2Cl)C(=O)N1. The van der Waals surface area contributed by atoms with Crippen molar-refractivity contribution in [1.29, 1.82) is 0 Å². The predicted octanol–water partition coefficient (Wildman–Crippen LogP) is 1.57. The van der Waals surface area contributed by atoms with E-state index in [0.717, 1.165) is 5.56 Å². The number of hydrogen-bond donors (Lipinski definition) is 2. The number of nitrogens with one attached hydrogen (secondary N) is 1. The van der Waals surface area contributed by atoms with Crippen LogP contribution in [0.3, 0.4) is 0 Å². The molecular formula is C12H12ClNO3S. The van der Waals surface area contributed by atoms with E-state index in [1.54, 1.807) is 6.07 Å². The molecule has 0 bridgehead atoms. The van der Waals surface area contributed by atoms with E-state index in [0.29, 0.717) is 17.2 Å². The van der Waals surface area contributed by atoms with Gasteiger partial charge in [-0.3, -0.25) is 4.79 Å². The van der Waals surface area contributed by atoms with Gasteiger partial charge in [-0.15, -0.1) is 11.8 Å². The van der Waals surface area contributed by atoms with Crippen molar-refractivity contribution < 1.29 is 14.7 Å². The first-order valence-corrected chi connectivity index (χ1v) is 6.89. The molecule has 2 unspecified atom stereocenters. The molecule has 1 aromatic rings. The summed E-state index contributed by atoms with van der Waals surface area (Å²) in [5, 5.41) is 11.7. The van der Waals surface area contributed by atoms with Crippen molar-refractivity contribution in [2.45, 2.75) is 17.7 Å². The second-order valence-corrected chi connectivity index (χ2v) is 5.66. The van der Waals surface area contributed by atoms with Crippen LogP contribution in [0.2, 0.25) is 5.02 Å². The average Bonchev–Trinajstić information content (AvgIpc) is 2.34. The minimum absolute atomic E-state index is 0.237. The molecule has 1 fully saturated rings. The fraction of sp³-hybridized carbons (Fsp3) is 0.333. The number of amides is 1. The molecule has 1 aliphatic rings. The van der Waals surface area contributed by atoms with Crippen molar-refractivity contribution in [3.63, 3.8) is 0 Å². The van der Waals surface area contributed by atoms with Crippen molar-refractivity contribution in [3.05, 3.63) is 34.9 Å². The summed E-state index contributed by atoms with van der Waals surface area (Å²) in [6.45, 7) is 0. The van der Waals surface area contributed by atoms with Gasteiger partial charge in [0.25, 0.3) is 0 Å². The van der Waals surface area contributed by atoms with Gasteiger partial charge >= 0.3 is 5.97 Å². The Hall–Kier alpha value is -1.20. The van der Waals surface area contributed by atoms with Crippen LogP contribution >= 0.6 is 23.4 Å². The lowest BCUT2D eigenvalue weighted by atomic mass is 10.1. The van der Waals surface area contributed by atoms with E-state index in [-0.39, 0.29) is 11.2 Å².